The van der Waals surface area contributed by atoms with E-state index in [9.17, 15) is 13.6 Å². The van der Waals surface area contributed by atoms with Crippen LogP contribution in [0, 0.1) is 11.6 Å². The number of halogens is 2. The van der Waals surface area contributed by atoms with Gasteiger partial charge in [-0.15, -0.1) is 0 Å². The second-order valence-corrected chi connectivity index (χ2v) is 7.54. The minimum atomic E-state index is -0.589. The average Bonchev–Trinajstić information content (AvgIpc) is 3.01. The van der Waals surface area contributed by atoms with Crippen molar-refractivity contribution < 1.29 is 13.6 Å². The van der Waals surface area contributed by atoms with Gasteiger partial charge in [-0.1, -0.05) is 0 Å². The smallest absolute Gasteiger partial charge is 0.221 e. The van der Waals surface area contributed by atoms with Crippen molar-refractivity contribution in [2.24, 2.45) is 0 Å². The molecule has 6 nitrogen and oxygen atoms in total. The lowest BCUT2D eigenvalue weighted by atomic mass is 10.0. The normalized spacial score (nSPS) is 20.1. The fourth-order valence-electron chi connectivity index (χ4n) is 4.19. The SMILES string of the molecule is O=C1CCN(C2CCN(Cc3cn[nH]c3-c3ccc(F)cc3F)CC2)CCN1. The number of aromatic nitrogens is 2. The first-order valence-electron chi connectivity index (χ1n) is 9.81. The van der Waals surface area contributed by atoms with Crippen molar-refractivity contribution in [2.45, 2.75) is 31.8 Å². The molecule has 0 atom stereocenters. The van der Waals surface area contributed by atoms with E-state index in [4.69, 9.17) is 0 Å². The Hall–Kier alpha value is -2.32. The zero-order chi connectivity index (χ0) is 19.5. The van der Waals surface area contributed by atoms with E-state index >= 15 is 0 Å². The summed E-state index contributed by atoms with van der Waals surface area (Å²) in [7, 11) is 0. The Morgan fingerprint density at radius 1 is 1.14 bits per heavy atom. The number of nitrogens with zero attached hydrogens (tertiary/aromatic N) is 3. The van der Waals surface area contributed by atoms with Gasteiger partial charge in [-0.05, 0) is 38.1 Å². The van der Waals surface area contributed by atoms with Gasteiger partial charge >= 0.3 is 0 Å². The third-order valence-corrected chi connectivity index (χ3v) is 5.73. The zero-order valence-corrected chi connectivity index (χ0v) is 15.8. The third-order valence-electron chi connectivity index (χ3n) is 5.73. The average molecular weight is 389 g/mol. The van der Waals surface area contributed by atoms with E-state index in [2.05, 4.69) is 25.3 Å². The number of amides is 1. The maximum absolute atomic E-state index is 14.2. The highest BCUT2D eigenvalue weighted by atomic mass is 19.1. The van der Waals surface area contributed by atoms with Gasteiger partial charge in [-0.25, -0.2) is 8.78 Å². The summed E-state index contributed by atoms with van der Waals surface area (Å²) in [6.45, 7) is 5.02. The molecule has 2 N–H and O–H groups in total. The van der Waals surface area contributed by atoms with Gasteiger partial charge in [0.1, 0.15) is 11.6 Å². The van der Waals surface area contributed by atoms with Crippen molar-refractivity contribution in [1.82, 2.24) is 25.3 Å². The molecule has 2 aromatic rings. The molecule has 0 saturated carbocycles. The molecule has 0 aliphatic carbocycles. The van der Waals surface area contributed by atoms with Crippen molar-refractivity contribution in [3.63, 3.8) is 0 Å². The summed E-state index contributed by atoms with van der Waals surface area (Å²) in [5.74, 6) is -1.04. The minimum absolute atomic E-state index is 0.139. The van der Waals surface area contributed by atoms with Crippen LogP contribution in [0.5, 0.6) is 0 Å². The molecule has 2 fully saturated rings. The lowest BCUT2D eigenvalue weighted by Crippen LogP contribution is -2.45. The molecule has 1 amide bonds. The number of carbonyl (C=O) groups is 1. The van der Waals surface area contributed by atoms with Crippen molar-refractivity contribution >= 4 is 5.91 Å². The summed E-state index contributed by atoms with van der Waals surface area (Å²) in [6.07, 6.45) is 4.39. The lowest BCUT2D eigenvalue weighted by Gasteiger charge is -2.37. The number of hydrogen-bond donors (Lipinski definition) is 2. The minimum Gasteiger partial charge on any atom is -0.355 e. The van der Waals surface area contributed by atoms with Crippen LogP contribution < -0.4 is 5.32 Å². The van der Waals surface area contributed by atoms with Crippen molar-refractivity contribution in [2.75, 3.05) is 32.7 Å². The van der Waals surface area contributed by atoms with Crippen LogP contribution in [0.4, 0.5) is 8.78 Å². The van der Waals surface area contributed by atoms with Crippen LogP contribution in [0.1, 0.15) is 24.8 Å². The molecule has 0 radical (unpaired) electrons. The van der Waals surface area contributed by atoms with Gasteiger partial charge in [0.15, 0.2) is 0 Å². The first-order valence-corrected chi connectivity index (χ1v) is 9.81. The first kappa shape index (κ1) is 19.0. The number of piperidine rings is 1. The van der Waals surface area contributed by atoms with Crippen LogP contribution >= 0.6 is 0 Å². The molecule has 28 heavy (non-hydrogen) atoms. The van der Waals surface area contributed by atoms with Gasteiger partial charge < -0.3 is 5.32 Å². The topological polar surface area (TPSA) is 64.3 Å². The number of rotatable bonds is 4. The number of likely N-dealkylation sites (tertiary alicyclic amines) is 1. The number of hydrogen-bond acceptors (Lipinski definition) is 4. The molecule has 0 bridgehead atoms. The monoisotopic (exact) mass is 389 g/mol. The Balaban J connectivity index is 1.37. The van der Waals surface area contributed by atoms with Crippen LogP contribution in [0.25, 0.3) is 11.3 Å². The first-order chi connectivity index (χ1) is 13.6. The molecule has 2 aliphatic rings. The summed E-state index contributed by atoms with van der Waals surface area (Å²) in [6, 6.07) is 4.10. The van der Waals surface area contributed by atoms with Crippen LogP contribution in [0.15, 0.2) is 24.4 Å². The predicted molar refractivity (Wildman–Crippen MR) is 101 cm³/mol. The highest BCUT2D eigenvalue weighted by molar-refractivity contribution is 5.76. The maximum Gasteiger partial charge on any atom is 0.221 e. The maximum atomic E-state index is 14.2. The molecule has 0 spiro atoms. The third kappa shape index (κ3) is 4.23. The number of aromatic amines is 1. The van der Waals surface area contributed by atoms with Crippen LogP contribution in [0.3, 0.4) is 0 Å². The van der Waals surface area contributed by atoms with Crippen molar-refractivity contribution in [1.29, 1.82) is 0 Å². The van der Waals surface area contributed by atoms with Gasteiger partial charge in [0.2, 0.25) is 5.91 Å². The van der Waals surface area contributed by atoms with Gasteiger partial charge in [-0.3, -0.25) is 19.7 Å². The Kier molecular flexibility index (Phi) is 5.68. The zero-order valence-electron chi connectivity index (χ0n) is 15.8. The lowest BCUT2D eigenvalue weighted by molar-refractivity contribution is -0.120. The predicted octanol–water partition coefficient (Wildman–Crippen LogP) is 2.14. The van der Waals surface area contributed by atoms with E-state index in [1.165, 1.54) is 12.1 Å². The second kappa shape index (κ2) is 8.36. The molecule has 3 heterocycles. The molecule has 2 saturated heterocycles. The highest BCUT2D eigenvalue weighted by Crippen LogP contribution is 2.27. The molecule has 0 unspecified atom stereocenters. The fourth-order valence-corrected chi connectivity index (χ4v) is 4.19. The summed E-state index contributed by atoms with van der Waals surface area (Å²) < 4.78 is 27.4. The molecular formula is C20H25F2N5O. The number of nitrogens with one attached hydrogen (secondary N) is 2. The number of H-pyrrole nitrogens is 1. The van der Waals surface area contributed by atoms with Crippen molar-refractivity contribution in [3.05, 3.63) is 41.6 Å². The van der Waals surface area contributed by atoms with E-state index in [1.54, 1.807) is 6.20 Å². The number of benzene rings is 1. The second-order valence-electron chi connectivity index (χ2n) is 7.54. The Morgan fingerprint density at radius 2 is 1.96 bits per heavy atom. The Labute approximate surface area is 162 Å². The molecular weight excluding hydrogens is 364 g/mol. The van der Waals surface area contributed by atoms with Crippen molar-refractivity contribution in [3.8, 4) is 11.3 Å². The molecule has 1 aromatic carbocycles. The van der Waals surface area contributed by atoms with Gasteiger partial charge in [0, 0.05) is 55.8 Å². The number of carbonyl (C=O) groups excluding carboxylic acids is 1. The van der Waals surface area contributed by atoms with Crippen LogP contribution in [-0.4, -0.2) is 64.7 Å². The molecule has 2 aliphatic heterocycles. The van der Waals surface area contributed by atoms with Gasteiger partial charge in [0.25, 0.3) is 0 Å². The van der Waals surface area contributed by atoms with E-state index in [0.29, 0.717) is 30.3 Å². The van der Waals surface area contributed by atoms with Gasteiger partial charge in [-0.2, -0.15) is 5.10 Å². The van der Waals surface area contributed by atoms with E-state index < -0.39 is 11.6 Å². The molecule has 4 rings (SSSR count). The summed E-state index contributed by atoms with van der Waals surface area (Å²) in [4.78, 5) is 16.3. The van der Waals surface area contributed by atoms with Crippen LogP contribution in [0.2, 0.25) is 0 Å². The fraction of sp³-hybridized carbons (Fsp3) is 0.500. The Bertz CT molecular complexity index is 832. The standard InChI is InChI=1S/C20H25F2N5O/c21-15-1-2-17(18(22)11-15)20-14(12-24-25-20)13-26-7-3-16(4-8-26)27-9-5-19(28)23-6-10-27/h1-2,11-12,16H,3-10,13H2,(H,23,28)(H,24,25). The van der Waals surface area contributed by atoms with Gasteiger partial charge in [0.05, 0.1) is 11.9 Å². The molecule has 150 valence electrons. The summed E-state index contributed by atoms with van der Waals surface area (Å²) >= 11 is 0. The molecule has 1 aromatic heterocycles. The molecule has 8 heteroatoms. The Morgan fingerprint density at radius 3 is 2.75 bits per heavy atom. The highest BCUT2D eigenvalue weighted by Gasteiger charge is 2.27. The van der Waals surface area contributed by atoms with E-state index in [1.807, 2.05) is 0 Å². The van der Waals surface area contributed by atoms with E-state index in [-0.39, 0.29) is 5.91 Å². The summed E-state index contributed by atoms with van der Waals surface area (Å²) in [5, 5.41) is 9.86. The summed E-state index contributed by atoms with van der Waals surface area (Å²) in [5.41, 5.74) is 1.86. The largest absolute Gasteiger partial charge is 0.355 e. The quantitative estimate of drug-likeness (QED) is 0.841. The van der Waals surface area contributed by atoms with E-state index in [0.717, 1.165) is 57.2 Å². The van der Waals surface area contributed by atoms with Crippen LogP contribution in [-0.2, 0) is 11.3 Å².